The van der Waals surface area contributed by atoms with Gasteiger partial charge in [0, 0.05) is 18.4 Å². The average molecular weight is 350 g/mol. The highest BCUT2D eigenvalue weighted by Crippen LogP contribution is 2.13. The summed E-state index contributed by atoms with van der Waals surface area (Å²) in [6, 6.07) is 18.3. The number of hydrazone groups is 1. The monoisotopic (exact) mass is 350 g/mol. The predicted octanol–water partition coefficient (Wildman–Crippen LogP) is 0.692. The molecule has 2 rings (SSSR count). The molecule has 0 aliphatic heterocycles. The first-order valence-corrected chi connectivity index (χ1v) is 8.09. The first-order chi connectivity index (χ1) is 12.6. The summed E-state index contributed by atoms with van der Waals surface area (Å²) in [5.74, 6) is -2.37. The van der Waals surface area contributed by atoms with Crippen LogP contribution in [0, 0.1) is 0 Å². The largest absolute Gasteiger partial charge is 0.550 e. The lowest BCUT2D eigenvalue weighted by atomic mass is 10.1. The van der Waals surface area contributed by atoms with Crippen molar-refractivity contribution in [1.82, 2.24) is 5.43 Å². The van der Waals surface area contributed by atoms with E-state index in [-0.39, 0.29) is 19.3 Å². The number of hydrogen-bond donors (Lipinski definition) is 1. The third kappa shape index (κ3) is 6.24. The Morgan fingerprint density at radius 2 is 1.42 bits per heavy atom. The fourth-order valence-corrected chi connectivity index (χ4v) is 2.27. The molecule has 134 valence electrons. The van der Waals surface area contributed by atoms with E-state index in [1.807, 2.05) is 60.7 Å². The van der Waals surface area contributed by atoms with E-state index in [0.717, 1.165) is 11.1 Å². The maximum absolute atomic E-state index is 10.8. The van der Waals surface area contributed by atoms with Crippen LogP contribution in [0.25, 0.3) is 5.70 Å². The number of carboxylic acids is 2. The number of hydrogen-bond acceptors (Lipinski definition) is 6. The van der Waals surface area contributed by atoms with E-state index in [9.17, 15) is 19.8 Å². The van der Waals surface area contributed by atoms with Gasteiger partial charge in [-0.05, 0) is 24.0 Å². The summed E-state index contributed by atoms with van der Waals surface area (Å²) in [6.07, 6.45) is 1.21. The van der Waals surface area contributed by atoms with Gasteiger partial charge in [0.25, 0.3) is 0 Å². The van der Waals surface area contributed by atoms with Gasteiger partial charge in [-0.1, -0.05) is 66.7 Å². The van der Waals surface area contributed by atoms with Gasteiger partial charge in [-0.3, -0.25) is 5.43 Å². The number of carbonyl (C=O) groups is 2. The smallest absolute Gasteiger partial charge is 0.0683 e. The SMILES string of the molecule is O=C([O-])CC=C(NN=C(CCC(=O)[O-])c1ccccc1)c1ccccc1. The molecule has 0 saturated carbocycles. The number of carboxylic acid groups (broad SMARTS) is 2. The fraction of sp³-hybridized carbons (Fsp3) is 0.150. The lowest BCUT2D eigenvalue weighted by Crippen LogP contribution is -2.23. The van der Waals surface area contributed by atoms with Crippen LogP contribution in [-0.2, 0) is 9.59 Å². The summed E-state index contributed by atoms with van der Waals surface area (Å²) in [5.41, 5.74) is 5.41. The summed E-state index contributed by atoms with van der Waals surface area (Å²) in [6.45, 7) is 0. The van der Waals surface area contributed by atoms with Gasteiger partial charge in [0.1, 0.15) is 0 Å². The standard InChI is InChI=1S/C20H20N2O4/c23-19(24)13-11-17(15-7-3-1-4-8-15)21-22-18(12-14-20(25)26)16-9-5-2-6-10-16/h1-11,21H,12-14H2,(H,23,24)(H,25,26)/p-2. The van der Waals surface area contributed by atoms with Gasteiger partial charge in [-0.15, -0.1) is 0 Å². The summed E-state index contributed by atoms with van der Waals surface area (Å²) in [5, 5.41) is 25.9. The molecule has 6 heteroatoms. The van der Waals surface area contributed by atoms with E-state index < -0.39 is 11.9 Å². The minimum atomic E-state index is -1.20. The van der Waals surface area contributed by atoms with Crippen molar-refractivity contribution in [1.29, 1.82) is 0 Å². The summed E-state index contributed by atoms with van der Waals surface area (Å²) in [7, 11) is 0. The first-order valence-electron chi connectivity index (χ1n) is 8.09. The predicted molar refractivity (Wildman–Crippen MR) is 94.4 cm³/mol. The molecule has 1 N–H and O–H groups in total. The van der Waals surface area contributed by atoms with E-state index in [1.54, 1.807) is 0 Å². The molecule has 0 aliphatic rings. The van der Waals surface area contributed by atoms with Crippen LogP contribution in [0.3, 0.4) is 0 Å². The van der Waals surface area contributed by atoms with Crippen molar-refractivity contribution in [2.75, 3.05) is 0 Å². The van der Waals surface area contributed by atoms with Gasteiger partial charge in [0.2, 0.25) is 0 Å². The molecule has 0 spiro atoms. The van der Waals surface area contributed by atoms with Crippen molar-refractivity contribution in [2.24, 2.45) is 5.10 Å². The highest BCUT2D eigenvalue weighted by molar-refractivity contribution is 6.01. The Morgan fingerprint density at radius 3 is 1.96 bits per heavy atom. The zero-order valence-electron chi connectivity index (χ0n) is 14.1. The summed E-state index contributed by atoms with van der Waals surface area (Å²) < 4.78 is 0. The Morgan fingerprint density at radius 1 is 0.846 bits per heavy atom. The zero-order valence-corrected chi connectivity index (χ0v) is 14.1. The van der Waals surface area contributed by atoms with Gasteiger partial charge >= 0.3 is 0 Å². The molecule has 26 heavy (non-hydrogen) atoms. The van der Waals surface area contributed by atoms with E-state index in [4.69, 9.17) is 0 Å². The lowest BCUT2D eigenvalue weighted by molar-refractivity contribution is -0.306. The minimum absolute atomic E-state index is 0.168. The second-order valence-corrected chi connectivity index (χ2v) is 5.47. The molecule has 0 aliphatic carbocycles. The van der Waals surface area contributed by atoms with Gasteiger partial charge in [-0.25, -0.2) is 0 Å². The molecule has 0 radical (unpaired) electrons. The van der Waals surface area contributed by atoms with Crippen molar-refractivity contribution >= 4 is 23.3 Å². The van der Waals surface area contributed by atoms with Gasteiger partial charge in [0.15, 0.2) is 0 Å². The van der Waals surface area contributed by atoms with E-state index in [2.05, 4.69) is 10.5 Å². The minimum Gasteiger partial charge on any atom is -0.550 e. The maximum atomic E-state index is 10.8. The molecule has 0 atom stereocenters. The van der Waals surface area contributed by atoms with Crippen LogP contribution in [0.5, 0.6) is 0 Å². The van der Waals surface area contributed by atoms with E-state index in [0.29, 0.717) is 11.4 Å². The van der Waals surface area contributed by atoms with Gasteiger partial charge < -0.3 is 19.8 Å². The molecule has 0 saturated heterocycles. The van der Waals surface area contributed by atoms with Crippen LogP contribution >= 0.6 is 0 Å². The van der Waals surface area contributed by atoms with Crippen molar-refractivity contribution in [3.63, 3.8) is 0 Å². The Bertz CT molecular complexity index is 799. The molecule has 0 unspecified atom stereocenters. The lowest BCUT2D eigenvalue weighted by Gasteiger charge is -2.12. The molecule has 0 heterocycles. The zero-order chi connectivity index (χ0) is 18.8. The molecule has 2 aromatic rings. The van der Waals surface area contributed by atoms with Crippen molar-refractivity contribution in [3.05, 3.63) is 77.9 Å². The average Bonchev–Trinajstić information content (AvgIpc) is 2.65. The van der Waals surface area contributed by atoms with Crippen LogP contribution in [0.2, 0.25) is 0 Å². The van der Waals surface area contributed by atoms with Crippen LogP contribution in [0.15, 0.2) is 71.8 Å². The molecule has 0 amide bonds. The number of rotatable bonds is 9. The molecule has 0 bridgehead atoms. The third-order valence-corrected chi connectivity index (χ3v) is 3.54. The summed E-state index contributed by atoms with van der Waals surface area (Å²) >= 11 is 0. The molecule has 6 nitrogen and oxygen atoms in total. The van der Waals surface area contributed by atoms with Gasteiger partial charge in [0.05, 0.1) is 11.4 Å². The van der Waals surface area contributed by atoms with Gasteiger partial charge in [-0.2, -0.15) is 5.10 Å². The molecule has 2 aromatic carbocycles. The molecule has 0 fully saturated rings. The number of benzene rings is 2. The highest BCUT2D eigenvalue weighted by Gasteiger charge is 2.06. The van der Waals surface area contributed by atoms with Crippen LogP contribution < -0.4 is 15.6 Å². The summed E-state index contributed by atoms with van der Waals surface area (Å²) in [4.78, 5) is 21.6. The molecular weight excluding hydrogens is 332 g/mol. The molecule has 0 aromatic heterocycles. The Labute approximate surface area is 151 Å². The number of carbonyl (C=O) groups excluding carboxylic acids is 2. The Balaban J connectivity index is 2.28. The topological polar surface area (TPSA) is 105 Å². The van der Waals surface area contributed by atoms with Crippen LogP contribution in [0.1, 0.15) is 30.4 Å². The van der Waals surface area contributed by atoms with E-state index >= 15 is 0 Å². The third-order valence-electron chi connectivity index (χ3n) is 3.54. The number of aliphatic carboxylic acids is 2. The first kappa shape index (κ1) is 18.9. The number of nitrogens with one attached hydrogen (secondary N) is 1. The quantitative estimate of drug-likeness (QED) is 0.529. The second kappa shape index (κ2) is 9.78. The second-order valence-electron chi connectivity index (χ2n) is 5.47. The Hall–Kier alpha value is -3.41. The van der Waals surface area contributed by atoms with Crippen molar-refractivity contribution < 1.29 is 19.8 Å². The fourth-order valence-electron chi connectivity index (χ4n) is 2.27. The van der Waals surface area contributed by atoms with Crippen LogP contribution in [-0.4, -0.2) is 17.7 Å². The number of nitrogens with zero attached hydrogens (tertiary/aromatic N) is 1. The van der Waals surface area contributed by atoms with E-state index in [1.165, 1.54) is 6.08 Å². The highest BCUT2D eigenvalue weighted by atomic mass is 16.4. The molecular formula is C20H18N2O4-2. The normalized spacial score (nSPS) is 11.8. The Kier molecular flexibility index (Phi) is 7.12. The maximum Gasteiger partial charge on any atom is 0.0683 e. The van der Waals surface area contributed by atoms with Crippen LogP contribution in [0.4, 0.5) is 0 Å². The van der Waals surface area contributed by atoms with Crippen molar-refractivity contribution in [3.8, 4) is 0 Å². The van der Waals surface area contributed by atoms with Crippen molar-refractivity contribution in [2.45, 2.75) is 19.3 Å².